The maximum absolute atomic E-state index is 15.3. The third kappa shape index (κ3) is 4.93. The number of hydrogen-bond acceptors (Lipinski definition) is 7. The van der Waals surface area contributed by atoms with Gasteiger partial charge in [-0.1, -0.05) is 11.6 Å². The molecular weight excluding hydrogens is 588 g/mol. The molecule has 0 bridgehead atoms. The van der Waals surface area contributed by atoms with Crippen molar-refractivity contribution in [3.05, 3.63) is 46.5 Å². The second kappa shape index (κ2) is 10.6. The predicted octanol–water partition coefficient (Wildman–Crippen LogP) is 5.58. The first-order valence-electron chi connectivity index (χ1n) is 14.7. The van der Waals surface area contributed by atoms with Gasteiger partial charge in [0.2, 0.25) is 5.92 Å². The third-order valence-corrected chi connectivity index (χ3v) is 9.60. The van der Waals surface area contributed by atoms with Crippen molar-refractivity contribution in [2.24, 2.45) is 5.92 Å². The van der Waals surface area contributed by atoms with Gasteiger partial charge < -0.3 is 14.2 Å². The van der Waals surface area contributed by atoms with Crippen LogP contribution in [-0.4, -0.2) is 77.8 Å². The number of piperazine rings is 1. The number of anilines is 1. The van der Waals surface area contributed by atoms with Gasteiger partial charge in [0.25, 0.3) is 5.78 Å². The Balaban J connectivity index is 1.25. The number of aryl methyl sites for hydroxylation is 1. The Morgan fingerprint density at radius 2 is 1.88 bits per heavy atom. The lowest BCUT2D eigenvalue weighted by Crippen LogP contribution is -2.59. The van der Waals surface area contributed by atoms with Gasteiger partial charge in [-0.3, -0.25) is 4.90 Å². The summed E-state index contributed by atoms with van der Waals surface area (Å²) in [5.41, 5.74) is 1.59. The average Bonchev–Trinajstić information content (AvgIpc) is 3.68. The molecule has 43 heavy (non-hydrogen) atoms. The highest BCUT2D eigenvalue weighted by Gasteiger charge is 2.52. The summed E-state index contributed by atoms with van der Waals surface area (Å²) in [6.07, 6.45) is 2.97. The fourth-order valence-corrected chi connectivity index (χ4v) is 7.35. The highest BCUT2D eigenvalue weighted by atomic mass is 35.5. The van der Waals surface area contributed by atoms with E-state index in [2.05, 4.69) is 19.7 Å². The van der Waals surface area contributed by atoms with Gasteiger partial charge >= 0.3 is 0 Å². The summed E-state index contributed by atoms with van der Waals surface area (Å²) in [4.78, 5) is 14.0. The number of fused-ring (bicyclic) bond motifs is 3. The van der Waals surface area contributed by atoms with E-state index in [1.807, 2.05) is 30.1 Å². The van der Waals surface area contributed by atoms with E-state index in [0.29, 0.717) is 36.7 Å². The Morgan fingerprint density at radius 3 is 2.60 bits per heavy atom. The maximum atomic E-state index is 15.3. The number of alkyl halides is 2. The normalized spacial score (nSPS) is 25.6. The Bertz CT molecular complexity index is 1680. The summed E-state index contributed by atoms with van der Waals surface area (Å²) in [6.45, 7) is 8.21. The molecule has 1 unspecified atom stereocenters. The van der Waals surface area contributed by atoms with Crippen molar-refractivity contribution in [1.29, 1.82) is 0 Å². The van der Waals surface area contributed by atoms with Gasteiger partial charge in [-0.25, -0.2) is 26.9 Å². The van der Waals surface area contributed by atoms with Crippen LogP contribution in [-0.2, 0) is 11.3 Å². The number of nitrogens with zero attached hydrogens (tertiary/aromatic N) is 8. The molecule has 0 spiro atoms. The first-order valence-corrected chi connectivity index (χ1v) is 15.1. The van der Waals surface area contributed by atoms with Crippen LogP contribution in [0, 0.1) is 24.5 Å². The number of benzene rings is 1. The largest absolute Gasteiger partial charge is 0.376 e. The predicted molar refractivity (Wildman–Crippen MR) is 153 cm³/mol. The number of aromatic nitrogens is 6. The zero-order valence-electron chi connectivity index (χ0n) is 24.2. The molecule has 4 aromatic rings. The van der Waals surface area contributed by atoms with Gasteiger partial charge in [-0.05, 0) is 51.7 Å². The Kier molecular flexibility index (Phi) is 7.05. The molecule has 2 aliphatic heterocycles. The molecule has 3 aliphatic rings. The van der Waals surface area contributed by atoms with Crippen molar-refractivity contribution < 1.29 is 22.3 Å². The molecule has 1 aliphatic carbocycles. The fourth-order valence-electron chi connectivity index (χ4n) is 7.20. The van der Waals surface area contributed by atoms with Crippen LogP contribution >= 0.6 is 11.6 Å². The van der Waals surface area contributed by atoms with Crippen LogP contribution in [0.15, 0.2) is 18.5 Å². The molecule has 9 nitrogen and oxygen atoms in total. The second-order valence-electron chi connectivity index (χ2n) is 12.3. The summed E-state index contributed by atoms with van der Waals surface area (Å²) in [5.74, 6) is -2.90. The van der Waals surface area contributed by atoms with E-state index < -0.39 is 29.5 Å². The molecular formula is C29H33ClF4N8O. The van der Waals surface area contributed by atoms with E-state index in [1.54, 1.807) is 6.33 Å². The summed E-state index contributed by atoms with van der Waals surface area (Å²) >= 11 is 5.84. The van der Waals surface area contributed by atoms with Crippen LogP contribution in [0.4, 0.5) is 23.4 Å². The summed E-state index contributed by atoms with van der Waals surface area (Å²) in [5, 5.41) is 8.02. The topological polar surface area (TPSA) is 76.6 Å². The Labute approximate surface area is 250 Å². The van der Waals surface area contributed by atoms with E-state index in [9.17, 15) is 13.2 Å². The van der Waals surface area contributed by atoms with E-state index in [1.165, 1.54) is 0 Å². The van der Waals surface area contributed by atoms with Crippen molar-refractivity contribution in [2.75, 3.05) is 24.6 Å². The monoisotopic (exact) mass is 620 g/mol. The SMILES string of the molecule is Cc1nc2c(N3C[C@@H](C)N(C(c4cc(F)c(Cl)cc4F)C4CC(F)(F)C4)C[C@@H]3C)nc3nncn3c2n1C[C@@H]1CCCO1. The third-order valence-electron chi connectivity index (χ3n) is 9.31. The molecule has 14 heteroatoms. The molecule has 2 saturated heterocycles. The number of halogens is 5. The van der Waals surface area contributed by atoms with Crippen molar-refractivity contribution in [3.63, 3.8) is 0 Å². The molecule has 5 heterocycles. The van der Waals surface area contributed by atoms with Crippen molar-refractivity contribution in [3.8, 4) is 0 Å². The molecule has 3 fully saturated rings. The van der Waals surface area contributed by atoms with E-state index >= 15 is 4.39 Å². The van der Waals surface area contributed by atoms with Crippen LogP contribution in [0.5, 0.6) is 0 Å². The molecule has 0 N–H and O–H groups in total. The van der Waals surface area contributed by atoms with Crippen molar-refractivity contribution >= 4 is 34.4 Å². The number of imidazole rings is 1. The smallest absolute Gasteiger partial charge is 0.258 e. The Morgan fingerprint density at radius 1 is 1.09 bits per heavy atom. The summed E-state index contributed by atoms with van der Waals surface area (Å²) in [7, 11) is 0. The van der Waals surface area contributed by atoms with Gasteiger partial charge in [-0.15, -0.1) is 10.2 Å². The van der Waals surface area contributed by atoms with Crippen molar-refractivity contribution in [1.82, 2.24) is 34.0 Å². The minimum Gasteiger partial charge on any atom is -0.376 e. The molecule has 1 aromatic carbocycles. The van der Waals surface area contributed by atoms with Gasteiger partial charge in [0.05, 0.1) is 17.7 Å². The molecule has 7 rings (SSSR count). The quantitative estimate of drug-likeness (QED) is 0.206. The lowest BCUT2D eigenvalue weighted by molar-refractivity contribution is -0.137. The highest BCUT2D eigenvalue weighted by molar-refractivity contribution is 6.30. The van der Waals surface area contributed by atoms with Gasteiger partial charge in [0.15, 0.2) is 11.5 Å². The number of ether oxygens (including phenoxy) is 1. The van der Waals surface area contributed by atoms with E-state index in [-0.39, 0.29) is 41.6 Å². The van der Waals surface area contributed by atoms with Crippen LogP contribution in [0.3, 0.4) is 0 Å². The van der Waals surface area contributed by atoms with Crippen LogP contribution in [0.1, 0.15) is 57.0 Å². The number of hydrogen-bond donors (Lipinski definition) is 0. The summed E-state index contributed by atoms with van der Waals surface area (Å²) in [6, 6.07) is 0.894. The van der Waals surface area contributed by atoms with Gasteiger partial charge in [0.1, 0.15) is 29.3 Å². The lowest BCUT2D eigenvalue weighted by Gasteiger charge is -2.52. The average molecular weight is 621 g/mol. The summed E-state index contributed by atoms with van der Waals surface area (Å²) < 4.78 is 67.9. The molecule has 1 saturated carbocycles. The first-order chi connectivity index (χ1) is 20.5. The maximum Gasteiger partial charge on any atom is 0.258 e. The van der Waals surface area contributed by atoms with Gasteiger partial charge in [0, 0.05) is 56.2 Å². The van der Waals surface area contributed by atoms with E-state index in [4.69, 9.17) is 26.3 Å². The second-order valence-corrected chi connectivity index (χ2v) is 12.7. The minimum absolute atomic E-state index is 0.0591. The fraction of sp³-hybridized carbons (Fsp3) is 0.586. The van der Waals surface area contributed by atoms with Crippen LogP contribution in [0.25, 0.3) is 16.9 Å². The lowest BCUT2D eigenvalue weighted by atomic mass is 9.73. The highest BCUT2D eigenvalue weighted by Crippen LogP contribution is 2.52. The zero-order chi connectivity index (χ0) is 30.2. The van der Waals surface area contributed by atoms with Crippen molar-refractivity contribution in [2.45, 2.75) is 83.2 Å². The Hall–Kier alpha value is -3.03. The first kappa shape index (κ1) is 28.7. The molecule has 4 atom stereocenters. The molecule has 0 radical (unpaired) electrons. The molecule has 230 valence electrons. The molecule has 0 amide bonds. The zero-order valence-corrected chi connectivity index (χ0v) is 24.9. The van der Waals surface area contributed by atoms with Crippen LogP contribution < -0.4 is 4.90 Å². The van der Waals surface area contributed by atoms with Gasteiger partial charge in [-0.2, -0.15) is 4.98 Å². The van der Waals surface area contributed by atoms with E-state index in [0.717, 1.165) is 43.1 Å². The van der Waals surface area contributed by atoms with Crippen LogP contribution in [0.2, 0.25) is 5.02 Å². The minimum atomic E-state index is -2.82. The number of rotatable bonds is 6. The standard InChI is InChI=1S/C29H33ClF4N8O/c1-15-12-40(16(2)11-39(15)25(18-9-29(33,34)10-18)20-7-23(32)21(30)8-22(20)31)26-24-27(42-14-35-38-28(42)37-26)41(17(3)36-24)13-19-5-4-6-43-19/h7-8,14-16,18-19,25H,4-6,9-13H2,1-3H3/t15-,16+,19+,25?/m1/s1. The molecule has 3 aromatic heterocycles.